The second-order valence-electron chi connectivity index (χ2n) is 18.4. The van der Waals surface area contributed by atoms with Crippen molar-refractivity contribution >= 4 is 41.3 Å². The standard InChI is InChI=1S/C44H52F4N6O2Si/c1-24(2)57(25(3)4,26(5)6)15-10-29-33(45)9-8-27-16-28(49)17-30(35(27)29)38-37(48)39-31(19-50-38)41(54-13-14-55-20-32-36(47)40(32)54)52-42(51-39)56-23-44-11-7-12-53(44)22-43(21-44)18-34(43)46/h8-9,16-17,19,24-26,32,34,36,40H,7,11-14,18,20-23,49H2,1-6H3/t32-,34-,36-,40-,43+,44-/m0/s1. The van der Waals surface area contributed by atoms with Crippen LogP contribution in [0.15, 0.2) is 30.5 Å². The molecule has 2 N–H and O–H groups in total. The summed E-state index contributed by atoms with van der Waals surface area (Å²) in [5.41, 5.74) is 11.1. The molecule has 2 aromatic heterocycles. The first kappa shape index (κ1) is 38.5. The topological polar surface area (TPSA) is 89.6 Å². The van der Waals surface area contributed by atoms with Crippen LogP contribution in [0.5, 0.6) is 6.01 Å². The molecule has 0 bridgehead atoms. The molecule has 3 saturated heterocycles. The summed E-state index contributed by atoms with van der Waals surface area (Å²) in [6, 6.07) is 5.82. The Morgan fingerprint density at radius 1 is 1.05 bits per heavy atom. The number of nitrogen functional groups attached to an aromatic ring is 1. The molecule has 8 nitrogen and oxygen atoms in total. The summed E-state index contributed by atoms with van der Waals surface area (Å²) in [6.07, 6.45) is 2.68. The number of halogens is 4. The first-order valence-corrected chi connectivity index (χ1v) is 22.8. The van der Waals surface area contributed by atoms with Gasteiger partial charge in [-0.05, 0) is 72.4 Å². The van der Waals surface area contributed by atoms with Crippen molar-refractivity contribution in [3.8, 4) is 28.7 Å². The molecule has 5 heterocycles. The average molecular weight is 801 g/mol. The first-order valence-electron chi connectivity index (χ1n) is 20.6. The first-order chi connectivity index (χ1) is 27.2. The van der Waals surface area contributed by atoms with E-state index in [1.54, 1.807) is 18.2 Å². The van der Waals surface area contributed by atoms with E-state index >= 15 is 13.2 Å². The number of fused-ring (bicyclic) bond motifs is 4. The lowest BCUT2D eigenvalue weighted by Crippen LogP contribution is -2.43. The average Bonchev–Trinajstić information content (AvgIpc) is 3.91. The number of hydrogen-bond donors (Lipinski definition) is 1. The monoisotopic (exact) mass is 800 g/mol. The van der Waals surface area contributed by atoms with Crippen molar-refractivity contribution < 1.29 is 27.0 Å². The molecule has 2 aromatic carbocycles. The Morgan fingerprint density at radius 2 is 1.81 bits per heavy atom. The van der Waals surface area contributed by atoms with E-state index < -0.39 is 38.1 Å². The molecule has 3 aliphatic heterocycles. The van der Waals surface area contributed by atoms with Gasteiger partial charge in [0, 0.05) is 47.3 Å². The van der Waals surface area contributed by atoms with E-state index in [1.807, 2.05) is 4.90 Å². The fourth-order valence-corrected chi connectivity index (χ4v) is 16.4. The molecule has 2 saturated carbocycles. The third-order valence-electron chi connectivity index (χ3n) is 14.2. The lowest BCUT2D eigenvalue weighted by molar-refractivity contribution is 0.107. The van der Waals surface area contributed by atoms with Gasteiger partial charge < -0.3 is 20.1 Å². The molecule has 0 unspecified atom stereocenters. The van der Waals surface area contributed by atoms with Gasteiger partial charge in [-0.1, -0.05) is 53.5 Å². The van der Waals surface area contributed by atoms with Crippen molar-refractivity contribution in [3.63, 3.8) is 0 Å². The minimum Gasteiger partial charge on any atom is -0.461 e. The van der Waals surface area contributed by atoms with Crippen LogP contribution in [0.1, 0.15) is 72.8 Å². The van der Waals surface area contributed by atoms with Crippen LogP contribution in [-0.2, 0) is 4.74 Å². The van der Waals surface area contributed by atoms with Gasteiger partial charge in [-0.25, -0.2) is 17.6 Å². The molecule has 0 radical (unpaired) electrons. The van der Waals surface area contributed by atoms with Crippen LogP contribution in [0.4, 0.5) is 29.1 Å². The van der Waals surface area contributed by atoms with Crippen molar-refractivity contribution in [2.24, 2.45) is 11.3 Å². The normalized spacial score (nSPS) is 28.3. The van der Waals surface area contributed by atoms with E-state index in [9.17, 15) is 4.39 Å². The Morgan fingerprint density at radius 3 is 2.53 bits per heavy atom. The van der Waals surface area contributed by atoms with E-state index in [1.165, 1.54) is 12.3 Å². The number of aromatic nitrogens is 3. The van der Waals surface area contributed by atoms with Crippen LogP contribution in [0.3, 0.4) is 0 Å². The number of nitrogens with zero attached hydrogens (tertiary/aromatic N) is 5. The number of pyridine rings is 1. The van der Waals surface area contributed by atoms with Gasteiger partial charge in [-0.2, -0.15) is 9.97 Å². The van der Waals surface area contributed by atoms with E-state index in [4.69, 9.17) is 20.2 Å². The molecule has 4 aromatic rings. The highest BCUT2D eigenvalue weighted by molar-refractivity contribution is 6.90. The lowest BCUT2D eigenvalue weighted by Gasteiger charge is -2.38. The van der Waals surface area contributed by atoms with Crippen LogP contribution >= 0.6 is 0 Å². The van der Waals surface area contributed by atoms with Crippen molar-refractivity contribution in [1.29, 1.82) is 0 Å². The van der Waals surface area contributed by atoms with Crippen LogP contribution < -0.4 is 15.4 Å². The SMILES string of the molecule is CC(C)[Si](C#Cc1c(F)ccc2cc(N)cc(-c3ncc4c(N5CCOC[C@H]6[C@H](F)[C@H]65)nc(OC[C@@]56CCCN5C[C@@]5(C[C@@H]5F)C6)nc4c3F)c12)(C(C)C)C(C)C. The summed E-state index contributed by atoms with van der Waals surface area (Å²) < 4.78 is 75.6. The van der Waals surface area contributed by atoms with Gasteiger partial charge in [0.2, 0.25) is 0 Å². The summed E-state index contributed by atoms with van der Waals surface area (Å²) in [4.78, 5) is 18.4. The Hall–Kier alpha value is -3.99. The summed E-state index contributed by atoms with van der Waals surface area (Å²) in [6.45, 7) is 16.0. The molecule has 2 aliphatic carbocycles. The van der Waals surface area contributed by atoms with Crippen molar-refractivity contribution in [2.45, 2.75) is 108 Å². The van der Waals surface area contributed by atoms with Gasteiger partial charge in [0.15, 0.2) is 5.82 Å². The van der Waals surface area contributed by atoms with Gasteiger partial charge in [-0.3, -0.25) is 9.88 Å². The molecule has 5 aliphatic rings. The molecule has 5 fully saturated rings. The van der Waals surface area contributed by atoms with Crippen molar-refractivity contribution in [3.05, 3.63) is 47.7 Å². The third kappa shape index (κ3) is 6.10. The minimum absolute atomic E-state index is 0.0477. The summed E-state index contributed by atoms with van der Waals surface area (Å²) >= 11 is 0. The van der Waals surface area contributed by atoms with Gasteiger partial charge >= 0.3 is 6.01 Å². The molecule has 6 atom stereocenters. The number of nitrogens with two attached hydrogens (primary N) is 1. The molecule has 0 amide bonds. The molecule has 302 valence electrons. The zero-order valence-corrected chi connectivity index (χ0v) is 34.6. The maximum atomic E-state index is 17.5. The largest absolute Gasteiger partial charge is 0.461 e. The van der Waals surface area contributed by atoms with Crippen LogP contribution in [0, 0.1) is 34.4 Å². The van der Waals surface area contributed by atoms with Crippen LogP contribution in [0.2, 0.25) is 16.6 Å². The van der Waals surface area contributed by atoms with Gasteiger partial charge in [0.1, 0.15) is 49.9 Å². The Labute approximate surface area is 332 Å². The van der Waals surface area contributed by atoms with Crippen LogP contribution in [-0.4, -0.2) is 91.3 Å². The maximum Gasteiger partial charge on any atom is 0.319 e. The highest BCUT2D eigenvalue weighted by atomic mass is 28.3. The molecule has 57 heavy (non-hydrogen) atoms. The van der Waals surface area contributed by atoms with Crippen molar-refractivity contribution in [2.75, 3.05) is 50.1 Å². The van der Waals surface area contributed by atoms with Gasteiger partial charge in [0.25, 0.3) is 0 Å². The summed E-state index contributed by atoms with van der Waals surface area (Å²) in [7, 11) is -2.28. The van der Waals surface area contributed by atoms with E-state index in [-0.39, 0.29) is 51.8 Å². The number of anilines is 2. The highest BCUT2D eigenvalue weighted by Gasteiger charge is 2.67. The predicted octanol–water partition coefficient (Wildman–Crippen LogP) is 8.79. The Bertz CT molecular complexity index is 2310. The van der Waals surface area contributed by atoms with E-state index in [0.717, 1.165) is 19.4 Å². The van der Waals surface area contributed by atoms with E-state index in [2.05, 4.69) is 67.9 Å². The number of hydrogen-bond acceptors (Lipinski definition) is 8. The van der Waals surface area contributed by atoms with Gasteiger partial charge in [0.05, 0.1) is 35.7 Å². The number of rotatable bonds is 8. The zero-order valence-electron chi connectivity index (χ0n) is 33.6. The second kappa shape index (κ2) is 13.8. The quantitative estimate of drug-likeness (QED) is 0.0820. The molecule has 13 heteroatoms. The zero-order chi connectivity index (χ0) is 40.2. The Balaban J connectivity index is 1.19. The third-order valence-corrected chi connectivity index (χ3v) is 20.5. The molecule has 9 rings (SSSR count). The Kier molecular flexibility index (Phi) is 9.33. The lowest BCUT2D eigenvalue weighted by atomic mass is 9.89. The van der Waals surface area contributed by atoms with Gasteiger partial charge in [-0.15, -0.1) is 5.54 Å². The molecular weight excluding hydrogens is 749 g/mol. The predicted molar refractivity (Wildman–Crippen MR) is 218 cm³/mol. The smallest absolute Gasteiger partial charge is 0.319 e. The summed E-state index contributed by atoms with van der Waals surface area (Å²) in [5, 5.41) is 1.32. The molecule has 1 spiro atoms. The van der Waals surface area contributed by atoms with E-state index in [0.29, 0.717) is 83.4 Å². The molecular formula is C44H52F4N6O2Si. The fraction of sp³-hybridized carbons (Fsp3) is 0.568. The van der Waals surface area contributed by atoms with Crippen molar-refractivity contribution in [1.82, 2.24) is 19.9 Å². The highest BCUT2D eigenvalue weighted by Crippen LogP contribution is 2.62. The number of alkyl halides is 2. The number of benzene rings is 2. The fourth-order valence-electron chi connectivity index (χ4n) is 11.1. The second-order valence-corrected chi connectivity index (χ2v) is 23.9. The van der Waals surface area contributed by atoms with Crippen LogP contribution in [0.25, 0.3) is 32.9 Å². The maximum absolute atomic E-state index is 17.5. The number of ether oxygens (including phenoxy) is 2. The minimum atomic E-state index is -2.28. The summed E-state index contributed by atoms with van der Waals surface area (Å²) in [5.74, 6) is 2.01.